The van der Waals surface area contributed by atoms with Crippen LogP contribution in [0.4, 0.5) is 4.39 Å². The molecule has 0 saturated carbocycles. The zero-order chi connectivity index (χ0) is 15.6. The third kappa shape index (κ3) is 3.62. The minimum absolute atomic E-state index is 0.0253. The number of sulfonamides is 1. The Morgan fingerprint density at radius 2 is 2.14 bits per heavy atom. The number of rotatable bonds is 5. The van der Waals surface area contributed by atoms with E-state index in [9.17, 15) is 12.8 Å². The first kappa shape index (κ1) is 16.4. The predicted octanol–water partition coefficient (Wildman–Crippen LogP) is 2.29. The van der Waals surface area contributed by atoms with E-state index in [4.69, 9.17) is 0 Å². The number of nitrogens with one attached hydrogen (secondary N) is 1. The highest BCUT2D eigenvalue weighted by atomic mass is 32.2. The number of benzene rings is 1. The minimum Gasteiger partial charge on any atom is -0.313 e. The number of nitrogens with zero attached hydrogens (tertiary/aromatic N) is 1. The number of hydrogen-bond acceptors (Lipinski definition) is 3. The van der Waals surface area contributed by atoms with Gasteiger partial charge in [0.25, 0.3) is 0 Å². The summed E-state index contributed by atoms with van der Waals surface area (Å²) in [6.07, 6.45) is 2.04. The van der Waals surface area contributed by atoms with E-state index in [1.165, 1.54) is 16.4 Å². The van der Waals surface area contributed by atoms with Crippen molar-refractivity contribution in [3.63, 3.8) is 0 Å². The molecule has 1 N–H and O–H groups in total. The van der Waals surface area contributed by atoms with E-state index in [-0.39, 0.29) is 17.0 Å². The molecule has 2 rings (SSSR count). The van der Waals surface area contributed by atoms with Crippen LogP contribution in [0.1, 0.15) is 32.3 Å². The summed E-state index contributed by atoms with van der Waals surface area (Å²) in [5, 5.41) is 3.31. The largest absolute Gasteiger partial charge is 0.313 e. The molecule has 0 spiro atoms. The van der Waals surface area contributed by atoms with Gasteiger partial charge >= 0.3 is 0 Å². The van der Waals surface area contributed by atoms with Gasteiger partial charge in [-0.25, -0.2) is 12.8 Å². The van der Waals surface area contributed by atoms with Crippen LogP contribution in [0.3, 0.4) is 0 Å². The Labute approximate surface area is 126 Å². The monoisotopic (exact) mass is 314 g/mol. The third-order valence-corrected chi connectivity index (χ3v) is 5.93. The Balaban J connectivity index is 2.30. The predicted molar refractivity (Wildman–Crippen MR) is 81.2 cm³/mol. The van der Waals surface area contributed by atoms with Gasteiger partial charge in [0.05, 0.1) is 4.90 Å². The van der Waals surface area contributed by atoms with E-state index < -0.39 is 15.8 Å². The standard InChI is InChI=1S/C15H23FN2O2S/c1-11(2)18(10-13-5-4-8-17-13)21(19,20)14-7-6-12(3)15(16)9-14/h6-7,9,11,13,17H,4-5,8,10H2,1-3H3. The summed E-state index contributed by atoms with van der Waals surface area (Å²) in [4.78, 5) is 0.0253. The van der Waals surface area contributed by atoms with Gasteiger partial charge in [0.15, 0.2) is 0 Å². The van der Waals surface area contributed by atoms with Gasteiger partial charge in [0, 0.05) is 18.6 Å². The second-order valence-electron chi connectivity index (χ2n) is 5.87. The Morgan fingerprint density at radius 3 is 2.67 bits per heavy atom. The summed E-state index contributed by atoms with van der Waals surface area (Å²) >= 11 is 0. The molecular weight excluding hydrogens is 291 g/mol. The van der Waals surface area contributed by atoms with E-state index in [1.807, 2.05) is 13.8 Å². The lowest BCUT2D eigenvalue weighted by Crippen LogP contribution is -2.44. The van der Waals surface area contributed by atoms with E-state index in [1.54, 1.807) is 6.92 Å². The first-order valence-corrected chi connectivity index (χ1v) is 8.77. The van der Waals surface area contributed by atoms with E-state index >= 15 is 0 Å². The number of halogens is 1. The van der Waals surface area contributed by atoms with E-state index in [0.29, 0.717) is 12.1 Å². The summed E-state index contributed by atoms with van der Waals surface area (Å²) < 4.78 is 40.7. The quantitative estimate of drug-likeness (QED) is 0.907. The molecule has 1 aliphatic rings. The lowest BCUT2D eigenvalue weighted by atomic mass is 10.2. The smallest absolute Gasteiger partial charge is 0.243 e. The summed E-state index contributed by atoms with van der Waals surface area (Å²) in [5.41, 5.74) is 0.447. The van der Waals surface area contributed by atoms with Crippen LogP contribution in [0.25, 0.3) is 0 Å². The maximum Gasteiger partial charge on any atom is 0.243 e. The topological polar surface area (TPSA) is 49.4 Å². The maximum absolute atomic E-state index is 13.7. The first-order valence-electron chi connectivity index (χ1n) is 7.33. The molecule has 0 radical (unpaired) electrons. The summed E-state index contributed by atoms with van der Waals surface area (Å²) in [5.74, 6) is -0.487. The van der Waals surface area contributed by atoms with Crippen LogP contribution in [-0.4, -0.2) is 37.9 Å². The molecule has 1 aliphatic heterocycles. The minimum atomic E-state index is -3.67. The lowest BCUT2D eigenvalue weighted by Gasteiger charge is -2.28. The normalized spacial score (nSPS) is 19.6. The van der Waals surface area contributed by atoms with Crippen molar-refractivity contribution < 1.29 is 12.8 Å². The molecule has 4 nitrogen and oxygen atoms in total. The molecular formula is C15H23FN2O2S. The van der Waals surface area contributed by atoms with Crippen LogP contribution < -0.4 is 5.32 Å². The fourth-order valence-electron chi connectivity index (χ4n) is 2.59. The maximum atomic E-state index is 13.7. The molecule has 1 atom stereocenters. The highest BCUT2D eigenvalue weighted by molar-refractivity contribution is 7.89. The Morgan fingerprint density at radius 1 is 1.43 bits per heavy atom. The van der Waals surface area contributed by atoms with Crippen molar-refractivity contribution >= 4 is 10.0 Å². The van der Waals surface area contributed by atoms with Crippen molar-refractivity contribution in [2.75, 3.05) is 13.1 Å². The van der Waals surface area contributed by atoms with Crippen LogP contribution in [0.15, 0.2) is 23.1 Å². The molecule has 0 aromatic heterocycles. The second kappa shape index (κ2) is 6.42. The van der Waals surface area contributed by atoms with Gasteiger partial charge in [-0.1, -0.05) is 6.07 Å². The Bertz CT molecular complexity index is 596. The van der Waals surface area contributed by atoms with Gasteiger partial charge in [-0.15, -0.1) is 0 Å². The molecule has 0 bridgehead atoms. The van der Waals surface area contributed by atoms with E-state index in [0.717, 1.165) is 25.5 Å². The highest BCUT2D eigenvalue weighted by Gasteiger charge is 2.30. The third-order valence-electron chi connectivity index (χ3n) is 3.89. The van der Waals surface area contributed by atoms with Crippen LogP contribution in [-0.2, 0) is 10.0 Å². The van der Waals surface area contributed by atoms with Crippen molar-refractivity contribution in [1.82, 2.24) is 9.62 Å². The van der Waals surface area contributed by atoms with Crippen molar-refractivity contribution in [1.29, 1.82) is 0 Å². The molecule has 118 valence electrons. The number of aryl methyl sites for hydroxylation is 1. The van der Waals surface area contributed by atoms with Crippen LogP contribution >= 0.6 is 0 Å². The molecule has 6 heteroatoms. The van der Waals surface area contributed by atoms with Crippen LogP contribution in [0.5, 0.6) is 0 Å². The average Bonchev–Trinajstić information content (AvgIpc) is 2.91. The summed E-state index contributed by atoms with van der Waals surface area (Å²) in [6.45, 7) is 6.66. The van der Waals surface area contributed by atoms with Gasteiger partial charge in [-0.2, -0.15) is 4.31 Å². The van der Waals surface area contributed by atoms with Gasteiger partial charge in [0.1, 0.15) is 5.82 Å². The molecule has 0 amide bonds. The van der Waals surface area contributed by atoms with Gasteiger partial charge in [-0.3, -0.25) is 0 Å². The summed E-state index contributed by atoms with van der Waals surface area (Å²) in [7, 11) is -3.67. The van der Waals surface area contributed by atoms with Crippen molar-refractivity contribution in [3.05, 3.63) is 29.6 Å². The van der Waals surface area contributed by atoms with Gasteiger partial charge in [-0.05, 0) is 57.9 Å². The molecule has 1 saturated heterocycles. The molecule has 1 heterocycles. The zero-order valence-electron chi connectivity index (χ0n) is 12.8. The molecule has 1 fully saturated rings. The molecule has 0 aliphatic carbocycles. The first-order chi connectivity index (χ1) is 9.82. The number of hydrogen-bond donors (Lipinski definition) is 1. The average molecular weight is 314 g/mol. The Hall–Kier alpha value is -0.980. The van der Waals surface area contributed by atoms with Crippen molar-refractivity contribution in [3.8, 4) is 0 Å². The van der Waals surface area contributed by atoms with Gasteiger partial charge in [0.2, 0.25) is 10.0 Å². The zero-order valence-corrected chi connectivity index (χ0v) is 13.6. The fraction of sp³-hybridized carbons (Fsp3) is 0.600. The molecule has 21 heavy (non-hydrogen) atoms. The molecule has 1 aromatic carbocycles. The van der Waals surface area contributed by atoms with Gasteiger partial charge < -0.3 is 5.32 Å². The Kier molecular flexibility index (Phi) is 5.01. The van der Waals surface area contributed by atoms with Crippen molar-refractivity contribution in [2.24, 2.45) is 0 Å². The van der Waals surface area contributed by atoms with E-state index in [2.05, 4.69) is 5.32 Å². The van der Waals surface area contributed by atoms with Crippen LogP contribution in [0, 0.1) is 12.7 Å². The van der Waals surface area contributed by atoms with Crippen LogP contribution in [0.2, 0.25) is 0 Å². The molecule has 1 unspecified atom stereocenters. The fourth-order valence-corrected chi connectivity index (χ4v) is 4.28. The SMILES string of the molecule is Cc1ccc(S(=O)(=O)N(CC2CCCN2)C(C)C)cc1F. The lowest BCUT2D eigenvalue weighted by molar-refractivity contribution is 0.322. The van der Waals surface area contributed by atoms with Crippen molar-refractivity contribution in [2.45, 2.75) is 50.6 Å². The highest BCUT2D eigenvalue weighted by Crippen LogP contribution is 2.22. The summed E-state index contributed by atoms with van der Waals surface area (Å²) in [6, 6.07) is 4.11. The molecule has 1 aromatic rings. The second-order valence-corrected chi connectivity index (χ2v) is 7.76.